The third kappa shape index (κ3) is 10.4. The third-order valence-corrected chi connectivity index (χ3v) is 7.73. The number of amides is 3. The third-order valence-electron chi connectivity index (χ3n) is 7.73. The number of Topliss-reactive ketones (excluding diaryl/α,β-unsaturated/α-hetero) is 2. The highest BCUT2D eigenvalue weighted by Crippen LogP contribution is 2.29. The minimum atomic E-state index is -1.12. The van der Waals surface area contributed by atoms with Crippen LogP contribution in [0.2, 0.25) is 0 Å². The van der Waals surface area contributed by atoms with Gasteiger partial charge in [-0.2, -0.15) is 0 Å². The van der Waals surface area contributed by atoms with Crippen LogP contribution in [0.4, 0.5) is 4.79 Å². The smallest absolute Gasteiger partial charge is 0.408 e. The number of hydrogen-bond acceptors (Lipinski definition) is 7. The van der Waals surface area contributed by atoms with E-state index in [0.29, 0.717) is 0 Å². The Balaban J connectivity index is 1.50. The fourth-order valence-electron chi connectivity index (χ4n) is 5.02. The number of nitrogens with one attached hydrogen (secondary N) is 2. The van der Waals surface area contributed by atoms with Crippen LogP contribution in [0.3, 0.4) is 0 Å². The van der Waals surface area contributed by atoms with Crippen LogP contribution in [0.5, 0.6) is 0 Å². The lowest BCUT2D eigenvalue weighted by molar-refractivity contribution is -0.134. The summed E-state index contributed by atoms with van der Waals surface area (Å²) in [5, 5.41) is 5.45. The molecule has 1 heterocycles. The molecule has 4 atom stereocenters. The van der Waals surface area contributed by atoms with E-state index in [-0.39, 0.29) is 51.1 Å². The minimum Gasteiger partial charge on any atom is -0.445 e. The van der Waals surface area contributed by atoms with Crippen LogP contribution < -0.4 is 16.4 Å². The first-order valence-corrected chi connectivity index (χ1v) is 15.0. The van der Waals surface area contributed by atoms with E-state index in [1.165, 1.54) is 0 Å². The highest BCUT2D eigenvalue weighted by molar-refractivity contribution is 5.98. The number of ketones is 2. The van der Waals surface area contributed by atoms with Crippen molar-refractivity contribution in [1.82, 2.24) is 10.6 Å². The molecule has 0 spiro atoms. The van der Waals surface area contributed by atoms with Gasteiger partial charge in [-0.05, 0) is 42.9 Å². The Morgan fingerprint density at radius 3 is 1.87 bits per heavy atom. The number of primary amides is 1. The van der Waals surface area contributed by atoms with E-state index >= 15 is 0 Å². The molecule has 1 fully saturated rings. The van der Waals surface area contributed by atoms with Gasteiger partial charge in [0.2, 0.25) is 11.8 Å². The molecule has 0 saturated carbocycles. The van der Waals surface area contributed by atoms with Crippen LogP contribution in [-0.4, -0.2) is 53.8 Å². The normalized spacial score (nSPS) is 17.3. The lowest BCUT2D eigenvalue weighted by Gasteiger charge is -2.25. The second-order valence-electron chi connectivity index (χ2n) is 11.5. The van der Waals surface area contributed by atoms with Gasteiger partial charge in [0.1, 0.15) is 12.2 Å². The van der Waals surface area contributed by atoms with Crippen molar-refractivity contribution in [2.75, 3.05) is 6.61 Å². The number of carbonyl (C=O) groups excluding carboxylic acids is 5. The zero-order valence-electron chi connectivity index (χ0n) is 25.3. The summed E-state index contributed by atoms with van der Waals surface area (Å²) >= 11 is 0. The number of benzene rings is 3. The van der Waals surface area contributed by atoms with Crippen LogP contribution in [-0.2, 0) is 48.1 Å². The van der Waals surface area contributed by atoms with Crippen LogP contribution in [0, 0.1) is 5.92 Å². The Morgan fingerprint density at radius 2 is 1.33 bits per heavy atom. The molecular weight excluding hydrogens is 574 g/mol. The van der Waals surface area contributed by atoms with Gasteiger partial charge in [-0.3, -0.25) is 19.2 Å². The summed E-state index contributed by atoms with van der Waals surface area (Å²) in [6.07, 6.45) is -0.845. The average Bonchev–Trinajstić information content (AvgIpc) is 3.80. The maximum absolute atomic E-state index is 13.9. The lowest BCUT2D eigenvalue weighted by atomic mass is 9.89. The number of alkyl carbamates (subject to hydrolysis) is 1. The monoisotopic (exact) mass is 613 g/mol. The summed E-state index contributed by atoms with van der Waals surface area (Å²) in [6, 6.07) is 25.6. The second kappa shape index (κ2) is 15.8. The van der Waals surface area contributed by atoms with Crippen LogP contribution >= 0.6 is 0 Å². The van der Waals surface area contributed by atoms with Gasteiger partial charge >= 0.3 is 6.09 Å². The lowest BCUT2D eigenvalue weighted by Crippen LogP contribution is -2.50. The van der Waals surface area contributed by atoms with Crippen molar-refractivity contribution in [3.05, 3.63) is 108 Å². The summed E-state index contributed by atoms with van der Waals surface area (Å²) in [5.74, 6) is -2.70. The Hall–Kier alpha value is -4.83. The van der Waals surface area contributed by atoms with Gasteiger partial charge in [-0.25, -0.2) is 4.79 Å². The molecular formula is C35H39N3O7. The molecule has 0 unspecified atom stereocenters. The van der Waals surface area contributed by atoms with Gasteiger partial charge in [-0.15, -0.1) is 0 Å². The number of carbonyl (C=O) groups is 5. The van der Waals surface area contributed by atoms with Crippen LogP contribution in [0.25, 0.3) is 0 Å². The quantitative estimate of drug-likeness (QED) is 0.197. The molecule has 0 aliphatic carbocycles. The highest BCUT2D eigenvalue weighted by Gasteiger charge is 2.50. The predicted molar refractivity (Wildman–Crippen MR) is 167 cm³/mol. The maximum Gasteiger partial charge on any atom is 0.408 e. The van der Waals surface area contributed by atoms with Gasteiger partial charge in [-0.1, -0.05) is 91.0 Å². The second-order valence-corrected chi connectivity index (χ2v) is 11.5. The molecule has 236 valence electrons. The number of hydrogen-bond donors (Lipinski definition) is 3. The summed E-state index contributed by atoms with van der Waals surface area (Å²) < 4.78 is 10.7. The SMILES string of the molecule is C[C@]1(C(=O)[C@H](Cc2ccccc2)NC(=O)[C@@H](CC(=O)[C@H](CCC(N)=O)NC(=O)OCc2ccccc2)Cc2ccccc2)CO1. The van der Waals surface area contributed by atoms with Crippen molar-refractivity contribution >= 4 is 29.5 Å². The Bertz CT molecular complexity index is 1460. The van der Waals surface area contributed by atoms with E-state index in [4.69, 9.17) is 15.2 Å². The van der Waals surface area contributed by atoms with E-state index < -0.39 is 47.3 Å². The van der Waals surface area contributed by atoms with Crippen LogP contribution in [0.15, 0.2) is 91.0 Å². The molecule has 1 aliphatic rings. The fraction of sp³-hybridized carbons (Fsp3) is 0.343. The number of ether oxygens (including phenoxy) is 2. The summed E-state index contributed by atoms with van der Waals surface area (Å²) in [7, 11) is 0. The molecule has 10 heteroatoms. The zero-order valence-corrected chi connectivity index (χ0v) is 25.3. The van der Waals surface area contributed by atoms with Crippen molar-refractivity contribution in [2.45, 2.75) is 63.3 Å². The van der Waals surface area contributed by atoms with Crippen molar-refractivity contribution in [1.29, 1.82) is 0 Å². The van der Waals surface area contributed by atoms with Gasteiger partial charge < -0.3 is 25.8 Å². The first-order valence-electron chi connectivity index (χ1n) is 15.0. The molecule has 0 bridgehead atoms. The summed E-state index contributed by atoms with van der Waals surface area (Å²) in [6.45, 7) is 1.95. The molecule has 3 aromatic carbocycles. The van der Waals surface area contributed by atoms with E-state index in [1.54, 1.807) is 19.1 Å². The number of rotatable bonds is 17. The standard InChI is InChI=1S/C35H39N3O7/c1-35(23-45-35)32(41)29(20-25-13-7-3-8-14-25)37-33(42)27(19-24-11-5-2-6-12-24)21-30(39)28(17-18-31(36)40)38-34(43)44-22-26-15-9-4-10-16-26/h2-16,27-29H,17-23H2,1H3,(H2,36,40)(H,37,42)(H,38,43)/t27-,28+,29+,35-/m1/s1. The van der Waals surface area contributed by atoms with Gasteiger partial charge in [0, 0.05) is 18.8 Å². The number of nitrogens with two attached hydrogens (primary N) is 1. The van der Waals surface area contributed by atoms with Crippen molar-refractivity contribution < 1.29 is 33.4 Å². The van der Waals surface area contributed by atoms with E-state index in [2.05, 4.69) is 10.6 Å². The first-order chi connectivity index (χ1) is 21.6. The Morgan fingerprint density at radius 1 is 0.800 bits per heavy atom. The van der Waals surface area contributed by atoms with Gasteiger partial charge in [0.15, 0.2) is 11.6 Å². The minimum absolute atomic E-state index is 0.0120. The Kier molecular flexibility index (Phi) is 11.6. The molecule has 3 amide bonds. The van der Waals surface area contributed by atoms with Gasteiger partial charge in [0.25, 0.3) is 0 Å². The van der Waals surface area contributed by atoms with Crippen molar-refractivity contribution in [2.24, 2.45) is 11.7 Å². The molecule has 4 rings (SSSR count). The highest BCUT2D eigenvalue weighted by atomic mass is 16.6. The van der Waals surface area contributed by atoms with Gasteiger partial charge in [0.05, 0.1) is 18.7 Å². The molecule has 10 nitrogen and oxygen atoms in total. The molecule has 3 aromatic rings. The molecule has 1 aliphatic heterocycles. The van der Waals surface area contributed by atoms with E-state index in [9.17, 15) is 24.0 Å². The Labute approximate surface area is 262 Å². The topological polar surface area (TPSA) is 157 Å². The predicted octanol–water partition coefficient (Wildman–Crippen LogP) is 3.45. The van der Waals surface area contributed by atoms with Crippen molar-refractivity contribution in [3.63, 3.8) is 0 Å². The van der Waals surface area contributed by atoms with E-state index in [1.807, 2.05) is 78.9 Å². The molecule has 45 heavy (non-hydrogen) atoms. The van der Waals surface area contributed by atoms with Crippen molar-refractivity contribution in [3.8, 4) is 0 Å². The fourth-order valence-corrected chi connectivity index (χ4v) is 5.02. The largest absolute Gasteiger partial charge is 0.445 e. The molecule has 1 saturated heterocycles. The molecule has 0 aromatic heterocycles. The zero-order chi connectivity index (χ0) is 32.2. The maximum atomic E-state index is 13.9. The summed E-state index contributed by atoms with van der Waals surface area (Å²) in [4.78, 5) is 65.2. The number of epoxide rings is 1. The van der Waals surface area contributed by atoms with E-state index in [0.717, 1.165) is 16.7 Å². The molecule has 4 N–H and O–H groups in total. The summed E-state index contributed by atoms with van der Waals surface area (Å²) in [5.41, 5.74) is 6.81. The van der Waals surface area contributed by atoms with Crippen LogP contribution in [0.1, 0.15) is 42.9 Å². The first kappa shape index (κ1) is 33.1. The molecule has 0 radical (unpaired) electrons. The average molecular weight is 614 g/mol.